The van der Waals surface area contributed by atoms with E-state index in [1.165, 1.54) is 51.4 Å². The SMILES string of the molecule is CC.CC.CC.CCCC.CCCC[C@@H](C)C1CCC2C3C[C@H](CC)C4CCCCC4(C)C3CCC21C. The van der Waals surface area contributed by atoms with Crippen molar-refractivity contribution in [3.63, 3.8) is 0 Å². The van der Waals surface area contributed by atoms with E-state index in [9.17, 15) is 0 Å². The van der Waals surface area contributed by atoms with Crippen LogP contribution in [0.3, 0.4) is 0 Å². The van der Waals surface area contributed by atoms with Crippen LogP contribution in [0.4, 0.5) is 0 Å². The highest BCUT2D eigenvalue weighted by molar-refractivity contribution is 5.10. The van der Waals surface area contributed by atoms with E-state index in [0.717, 1.165) is 41.4 Å². The molecule has 0 radical (unpaired) electrons. The Hall–Kier alpha value is 0. The van der Waals surface area contributed by atoms with E-state index in [-0.39, 0.29) is 0 Å². The highest BCUT2D eigenvalue weighted by Crippen LogP contribution is 2.69. The van der Waals surface area contributed by atoms with Crippen molar-refractivity contribution in [1.29, 1.82) is 0 Å². The molecule has 4 aliphatic carbocycles. The molecular weight excluding hydrogens is 444 g/mol. The lowest BCUT2D eigenvalue weighted by molar-refractivity contribution is -0.138. The largest absolute Gasteiger partial charge is 0.0683 e. The second-order valence-electron chi connectivity index (χ2n) is 13.0. The van der Waals surface area contributed by atoms with Gasteiger partial charge in [-0.2, -0.15) is 0 Å². The van der Waals surface area contributed by atoms with Crippen molar-refractivity contribution in [2.45, 2.75) is 186 Å². The molecule has 0 aromatic carbocycles. The van der Waals surface area contributed by atoms with Crippen LogP contribution in [0.2, 0.25) is 0 Å². The van der Waals surface area contributed by atoms with Gasteiger partial charge in [0.15, 0.2) is 0 Å². The van der Waals surface area contributed by atoms with Gasteiger partial charge in [0.05, 0.1) is 0 Å². The molecule has 0 N–H and O–H groups in total. The summed E-state index contributed by atoms with van der Waals surface area (Å²) in [5, 5.41) is 0. The van der Waals surface area contributed by atoms with Crippen LogP contribution in [-0.2, 0) is 0 Å². The van der Waals surface area contributed by atoms with E-state index < -0.39 is 0 Å². The van der Waals surface area contributed by atoms with Gasteiger partial charge in [0.25, 0.3) is 0 Å². The third-order valence-corrected chi connectivity index (χ3v) is 11.6. The molecule has 4 rings (SSSR count). The minimum atomic E-state index is 0.671. The third-order valence-electron chi connectivity index (χ3n) is 11.6. The number of unbranched alkanes of at least 4 members (excludes halogenated alkanes) is 2. The van der Waals surface area contributed by atoms with Gasteiger partial charge in [-0.25, -0.2) is 0 Å². The molecule has 0 nitrogen and oxygen atoms in total. The van der Waals surface area contributed by atoms with Gasteiger partial charge in [-0.1, -0.05) is 141 Å². The molecule has 0 spiro atoms. The summed E-state index contributed by atoms with van der Waals surface area (Å²) in [5.74, 6) is 7.26. The van der Waals surface area contributed by atoms with Gasteiger partial charge in [0.2, 0.25) is 0 Å². The molecule has 0 heterocycles. The normalized spacial score (nSPS) is 38.2. The molecule has 0 bridgehead atoms. The molecule has 0 aliphatic heterocycles. The highest BCUT2D eigenvalue weighted by atomic mass is 14.7. The van der Waals surface area contributed by atoms with E-state index >= 15 is 0 Å². The van der Waals surface area contributed by atoms with Crippen molar-refractivity contribution >= 4 is 0 Å². The molecule has 37 heavy (non-hydrogen) atoms. The molecule has 224 valence electrons. The summed E-state index contributed by atoms with van der Waals surface area (Å²) < 4.78 is 0. The zero-order valence-electron chi connectivity index (χ0n) is 28.6. The number of fused-ring (bicyclic) bond motifs is 5. The van der Waals surface area contributed by atoms with Crippen molar-refractivity contribution in [3.8, 4) is 0 Å². The Balaban J connectivity index is 0.00000114. The Morgan fingerprint density at radius 1 is 0.649 bits per heavy atom. The minimum Gasteiger partial charge on any atom is -0.0683 e. The second kappa shape index (κ2) is 19.1. The van der Waals surface area contributed by atoms with Gasteiger partial charge in [-0.3, -0.25) is 0 Å². The topological polar surface area (TPSA) is 0 Å². The van der Waals surface area contributed by atoms with Crippen LogP contribution in [0.25, 0.3) is 0 Å². The average molecular weight is 521 g/mol. The van der Waals surface area contributed by atoms with Gasteiger partial charge in [-0.05, 0) is 97.2 Å². The van der Waals surface area contributed by atoms with E-state index in [0.29, 0.717) is 10.8 Å². The maximum atomic E-state index is 2.76. The highest BCUT2D eigenvalue weighted by Gasteiger charge is 2.61. The summed E-state index contributed by atoms with van der Waals surface area (Å²) in [5.41, 5.74) is 1.36. The first-order valence-corrected chi connectivity index (χ1v) is 17.9. The van der Waals surface area contributed by atoms with E-state index in [4.69, 9.17) is 0 Å². The van der Waals surface area contributed by atoms with E-state index in [2.05, 4.69) is 48.5 Å². The molecule has 0 aromatic heterocycles. The van der Waals surface area contributed by atoms with Crippen molar-refractivity contribution < 1.29 is 0 Å². The van der Waals surface area contributed by atoms with Crippen molar-refractivity contribution in [2.75, 3.05) is 0 Å². The van der Waals surface area contributed by atoms with Crippen molar-refractivity contribution in [1.82, 2.24) is 0 Å². The molecule has 4 saturated carbocycles. The molecule has 0 heteroatoms. The Labute approximate surface area is 238 Å². The van der Waals surface area contributed by atoms with Gasteiger partial charge < -0.3 is 0 Å². The number of hydrogen-bond donors (Lipinski definition) is 0. The number of hydrogen-bond acceptors (Lipinski definition) is 0. The minimum absolute atomic E-state index is 0.671. The Morgan fingerprint density at radius 2 is 1.24 bits per heavy atom. The first kappa shape index (κ1) is 37.0. The van der Waals surface area contributed by atoms with Crippen LogP contribution < -0.4 is 0 Å². The maximum absolute atomic E-state index is 2.76. The molecule has 9 atom stereocenters. The first-order chi connectivity index (χ1) is 17.9. The molecule has 7 unspecified atom stereocenters. The van der Waals surface area contributed by atoms with Crippen LogP contribution in [0, 0.1) is 52.3 Å². The summed E-state index contributed by atoms with van der Waals surface area (Å²) in [6, 6.07) is 0. The molecule has 4 aliphatic rings. The fourth-order valence-corrected chi connectivity index (χ4v) is 9.72. The monoisotopic (exact) mass is 521 g/mol. The quantitative estimate of drug-likeness (QED) is 0.326. The lowest BCUT2D eigenvalue weighted by Crippen LogP contribution is -2.55. The fraction of sp³-hybridized carbons (Fsp3) is 1.00. The second-order valence-corrected chi connectivity index (χ2v) is 13.0. The third kappa shape index (κ3) is 8.49. The van der Waals surface area contributed by atoms with Gasteiger partial charge in [-0.15, -0.1) is 0 Å². The van der Waals surface area contributed by atoms with E-state index in [1.54, 1.807) is 44.9 Å². The van der Waals surface area contributed by atoms with Crippen LogP contribution in [-0.4, -0.2) is 0 Å². The van der Waals surface area contributed by atoms with Crippen LogP contribution >= 0.6 is 0 Å². The van der Waals surface area contributed by atoms with Gasteiger partial charge in [0.1, 0.15) is 0 Å². The summed E-state index contributed by atoms with van der Waals surface area (Å²) in [6.07, 6.45) is 22.4. The first-order valence-electron chi connectivity index (χ1n) is 17.9. The Bertz CT molecular complexity index is 534. The molecule has 0 amide bonds. The Morgan fingerprint density at radius 3 is 1.78 bits per heavy atom. The zero-order chi connectivity index (χ0) is 28.6. The predicted octanol–water partition coefficient (Wildman–Crippen LogP) is 13.4. The van der Waals surface area contributed by atoms with Gasteiger partial charge in [0, 0.05) is 0 Å². The fourth-order valence-electron chi connectivity index (χ4n) is 9.72. The summed E-state index contributed by atoms with van der Waals surface area (Å²) >= 11 is 0. The summed E-state index contributed by atoms with van der Waals surface area (Å²) in [7, 11) is 0. The average Bonchev–Trinajstić information content (AvgIpc) is 3.31. The van der Waals surface area contributed by atoms with Crippen molar-refractivity contribution in [3.05, 3.63) is 0 Å². The van der Waals surface area contributed by atoms with Crippen LogP contribution in [0.1, 0.15) is 186 Å². The molecular formula is C37H76. The number of rotatable bonds is 6. The maximum Gasteiger partial charge on any atom is -0.0264 e. The van der Waals surface area contributed by atoms with Crippen molar-refractivity contribution in [2.24, 2.45) is 52.3 Å². The molecule has 0 aromatic rings. The zero-order valence-corrected chi connectivity index (χ0v) is 28.6. The van der Waals surface area contributed by atoms with Gasteiger partial charge >= 0.3 is 0 Å². The Kier molecular flexibility index (Phi) is 19.1. The predicted molar refractivity (Wildman–Crippen MR) is 172 cm³/mol. The summed E-state index contributed by atoms with van der Waals surface area (Å²) in [6.45, 7) is 29.4. The lowest BCUT2D eigenvalue weighted by Gasteiger charge is -2.63. The van der Waals surface area contributed by atoms with Crippen LogP contribution in [0.15, 0.2) is 0 Å². The standard InChI is InChI=1S/C27H48.C4H10.3C2H6/c1-6-8-11-19(3)22-13-14-24-21-18-20(7-2)23-12-9-10-16-26(23,4)25(21)15-17-27(22,24)5;1-3-4-2;3*1-2/h19-25H,6-18H2,1-5H3;3-4H2,1-2H3;3*1-2H3/t19-,20+,21?,22?,23?,24?,25?,26?,27?;;;;/m1..../s1. The molecule has 0 saturated heterocycles. The van der Waals surface area contributed by atoms with E-state index in [1.807, 2.05) is 41.5 Å². The van der Waals surface area contributed by atoms with Crippen LogP contribution in [0.5, 0.6) is 0 Å². The lowest BCUT2D eigenvalue weighted by atomic mass is 9.42. The smallest absolute Gasteiger partial charge is 0.0264 e. The summed E-state index contributed by atoms with van der Waals surface area (Å²) in [4.78, 5) is 0. The molecule has 4 fully saturated rings.